The number of amides is 1. The molecule has 0 aliphatic carbocycles. The molecule has 8 nitrogen and oxygen atoms in total. The Morgan fingerprint density at radius 3 is 2.48 bits per heavy atom. The Morgan fingerprint density at radius 2 is 1.91 bits per heavy atom. The fraction of sp³-hybridized carbons (Fsp3) is 0.458. The van der Waals surface area contributed by atoms with Crippen LogP contribution in [0, 0.1) is 17.1 Å². The number of hydrogen-bond acceptors (Lipinski definition) is 6. The summed E-state index contributed by atoms with van der Waals surface area (Å²) in [5.41, 5.74) is 0.0444. The number of benzene rings is 1. The van der Waals surface area contributed by atoms with Crippen molar-refractivity contribution in [1.82, 2.24) is 14.8 Å². The number of ketones is 1. The first-order chi connectivity index (χ1) is 15.5. The van der Waals surface area contributed by atoms with Gasteiger partial charge in [-0.2, -0.15) is 5.26 Å². The maximum Gasteiger partial charge on any atom is 0.410 e. The molecule has 3 rings (SSSR count). The van der Waals surface area contributed by atoms with E-state index in [2.05, 4.69) is 4.98 Å². The van der Waals surface area contributed by atoms with Crippen LogP contribution in [0.3, 0.4) is 0 Å². The fourth-order valence-electron chi connectivity index (χ4n) is 3.55. The molecular formula is C24H29FN4O4. The molecule has 2 aromatic rings. The molecule has 0 spiro atoms. The van der Waals surface area contributed by atoms with Crippen molar-refractivity contribution in [2.24, 2.45) is 0 Å². The van der Waals surface area contributed by atoms with Crippen molar-refractivity contribution < 1.29 is 23.5 Å². The molecule has 1 fully saturated rings. The average molecular weight is 457 g/mol. The van der Waals surface area contributed by atoms with Crippen LogP contribution in [0.25, 0.3) is 10.9 Å². The van der Waals surface area contributed by atoms with E-state index in [1.165, 1.54) is 12.3 Å². The van der Waals surface area contributed by atoms with E-state index >= 15 is 0 Å². The molecule has 176 valence electrons. The van der Waals surface area contributed by atoms with Crippen LogP contribution in [0.15, 0.2) is 30.0 Å². The molecule has 1 aliphatic heterocycles. The molecule has 0 bridgehead atoms. The number of hydrogen-bond donors (Lipinski definition) is 1. The number of carbonyl (C=O) groups excluding carboxylic acids is 2. The van der Waals surface area contributed by atoms with Gasteiger partial charge in [0.15, 0.2) is 11.6 Å². The monoisotopic (exact) mass is 456 g/mol. The number of aromatic nitrogens is 1. The molecule has 0 saturated carbocycles. The zero-order valence-corrected chi connectivity index (χ0v) is 19.6. The zero-order valence-electron chi connectivity index (χ0n) is 19.6. The van der Waals surface area contributed by atoms with Crippen LogP contribution in [0.1, 0.15) is 44.1 Å². The number of carbonyl (C=O) groups is 2. The molecule has 1 saturated heterocycles. The van der Waals surface area contributed by atoms with E-state index in [-0.39, 0.29) is 29.2 Å². The number of fused-ring (bicyclic) bond motifs is 1. The minimum absolute atomic E-state index is 0.0275. The van der Waals surface area contributed by atoms with Crippen LogP contribution in [-0.2, 0) is 4.74 Å². The number of piperidine rings is 1. The van der Waals surface area contributed by atoms with Crippen molar-refractivity contribution in [3.63, 3.8) is 0 Å². The molecule has 1 aliphatic rings. The predicted octanol–water partition coefficient (Wildman–Crippen LogP) is 4.24. The molecule has 1 N–H and O–H groups in total. The standard InChI is InChI=1S/C24H29FN4O4/c1-24(2,3)33-23(31)29-8-6-17(7-9-29)32-21-11-15-10-20(27-19(15)12-18(21)25)22(30)16(13-26)14-28(4)5/h10-12,14,17,27H,6-9H2,1-5H3/b16-14+. The number of nitrogens with zero attached hydrogens (tertiary/aromatic N) is 3. The van der Waals surface area contributed by atoms with Crippen LogP contribution in [0.5, 0.6) is 5.75 Å². The first-order valence-corrected chi connectivity index (χ1v) is 10.8. The third kappa shape index (κ3) is 6.04. The number of likely N-dealkylation sites (tertiary alicyclic amines) is 1. The molecule has 0 radical (unpaired) electrons. The molecule has 2 heterocycles. The van der Waals surface area contributed by atoms with Gasteiger partial charge in [-0.05, 0) is 32.9 Å². The Balaban J connectivity index is 1.70. The summed E-state index contributed by atoms with van der Waals surface area (Å²) in [7, 11) is 3.43. The highest BCUT2D eigenvalue weighted by atomic mass is 19.1. The van der Waals surface area contributed by atoms with Crippen molar-refractivity contribution in [2.75, 3.05) is 27.2 Å². The van der Waals surface area contributed by atoms with Crippen molar-refractivity contribution in [3.05, 3.63) is 41.5 Å². The first kappa shape index (κ1) is 24.1. The Hall–Kier alpha value is -3.54. The second kappa shape index (κ2) is 9.53. The summed E-state index contributed by atoms with van der Waals surface area (Å²) in [6.07, 6.45) is 1.93. The van der Waals surface area contributed by atoms with Gasteiger partial charge < -0.3 is 24.3 Å². The molecule has 1 aromatic heterocycles. The van der Waals surface area contributed by atoms with Gasteiger partial charge >= 0.3 is 6.09 Å². The SMILES string of the molecule is CN(C)/C=C(\C#N)C(=O)c1cc2cc(OC3CCN(C(=O)OC(C)(C)C)CC3)c(F)cc2[nH]1. The van der Waals surface area contributed by atoms with Gasteiger partial charge in [0.05, 0.1) is 5.69 Å². The van der Waals surface area contributed by atoms with Crippen molar-refractivity contribution in [3.8, 4) is 11.8 Å². The third-order valence-electron chi connectivity index (χ3n) is 5.06. The lowest BCUT2D eigenvalue weighted by molar-refractivity contribution is 0.0123. The number of halogens is 1. The second-order valence-electron chi connectivity index (χ2n) is 9.28. The van der Waals surface area contributed by atoms with E-state index in [1.807, 2.05) is 26.8 Å². The predicted molar refractivity (Wildman–Crippen MR) is 121 cm³/mol. The van der Waals surface area contributed by atoms with E-state index < -0.39 is 17.2 Å². The highest BCUT2D eigenvalue weighted by Gasteiger charge is 2.28. The number of nitriles is 1. The summed E-state index contributed by atoms with van der Waals surface area (Å²) in [6.45, 7) is 6.38. The van der Waals surface area contributed by atoms with E-state index in [0.29, 0.717) is 36.8 Å². The molecular weight excluding hydrogens is 427 g/mol. The zero-order chi connectivity index (χ0) is 24.3. The minimum atomic E-state index is -0.560. The second-order valence-corrected chi connectivity index (χ2v) is 9.28. The normalized spacial score (nSPS) is 15.3. The van der Waals surface area contributed by atoms with E-state index in [0.717, 1.165) is 0 Å². The quantitative estimate of drug-likeness (QED) is 0.411. The topological polar surface area (TPSA) is 98.7 Å². The summed E-state index contributed by atoms with van der Waals surface area (Å²) in [6, 6.07) is 6.29. The van der Waals surface area contributed by atoms with Gasteiger partial charge in [-0.3, -0.25) is 4.79 Å². The minimum Gasteiger partial charge on any atom is -0.487 e. The fourth-order valence-corrected chi connectivity index (χ4v) is 3.55. The Bertz CT molecular complexity index is 1120. The van der Waals surface area contributed by atoms with Gasteiger partial charge in [-0.25, -0.2) is 9.18 Å². The molecule has 9 heteroatoms. The van der Waals surface area contributed by atoms with Gasteiger partial charge in [-0.15, -0.1) is 0 Å². The summed E-state index contributed by atoms with van der Waals surface area (Å²) in [5.74, 6) is -0.942. The van der Waals surface area contributed by atoms with Crippen LogP contribution >= 0.6 is 0 Å². The number of H-pyrrole nitrogens is 1. The highest BCUT2D eigenvalue weighted by molar-refractivity contribution is 6.12. The first-order valence-electron chi connectivity index (χ1n) is 10.8. The number of rotatable bonds is 5. The average Bonchev–Trinajstić information content (AvgIpc) is 3.13. The van der Waals surface area contributed by atoms with Gasteiger partial charge in [0.2, 0.25) is 5.78 Å². The third-order valence-corrected chi connectivity index (χ3v) is 5.06. The Labute approximate surface area is 192 Å². The molecule has 1 amide bonds. The van der Waals surface area contributed by atoms with Crippen LogP contribution < -0.4 is 4.74 Å². The van der Waals surface area contributed by atoms with Gasteiger partial charge in [-0.1, -0.05) is 0 Å². The molecule has 0 atom stereocenters. The smallest absolute Gasteiger partial charge is 0.410 e. The van der Waals surface area contributed by atoms with Crippen LogP contribution in [0.2, 0.25) is 0 Å². The highest BCUT2D eigenvalue weighted by Crippen LogP contribution is 2.29. The summed E-state index contributed by atoms with van der Waals surface area (Å²) >= 11 is 0. The van der Waals surface area contributed by atoms with Crippen molar-refractivity contribution in [2.45, 2.75) is 45.3 Å². The summed E-state index contributed by atoms with van der Waals surface area (Å²) < 4.78 is 26.0. The van der Waals surface area contributed by atoms with Gasteiger partial charge in [0, 0.05) is 63.2 Å². The van der Waals surface area contributed by atoms with Crippen LogP contribution in [-0.4, -0.2) is 65.6 Å². The number of Topliss-reactive ketones (excluding diaryl/α,β-unsaturated/α-hetero) is 1. The largest absolute Gasteiger partial charge is 0.487 e. The number of ether oxygens (including phenoxy) is 2. The maximum absolute atomic E-state index is 14.7. The number of allylic oxidation sites excluding steroid dienone is 1. The lowest BCUT2D eigenvalue weighted by Crippen LogP contribution is -2.44. The summed E-state index contributed by atoms with van der Waals surface area (Å²) in [4.78, 5) is 31.0. The molecule has 0 unspecified atom stereocenters. The number of aromatic amines is 1. The lowest BCUT2D eigenvalue weighted by atomic mass is 10.1. The number of nitrogens with one attached hydrogen (secondary N) is 1. The van der Waals surface area contributed by atoms with Crippen molar-refractivity contribution in [1.29, 1.82) is 5.26 Å². The summed E-state index contributed by atoms with van der Waals surface area (Å²) in [5, 5.41) is 9.87. The van der Waals surface area contributed by atoms with E-state index in [4.69, 9.17) is 9.47 Å². The van der Waals surface area contributed by atoms with Gasteiger partial charge in [0.25, 0.3) is 0 Å². The Kier molecular flexibility index (Phi) is 6.96. The van der Waals surface area contributed by atoms with E-state index in [9.17, 15) is 19.2 Å². The molecule has 1 aromatic carbocycles. The van der Waals surface area contributed by atoms with Crippen molar-refractivity contribution >= 4 is 22.8 Å². The van der Waals surface area contributed by atoms with Gasteiger partial charge in [0.1, 0.15) is 23.3 Å². The van der Waals surface area contributed by atoms with E-state index in [1.54, 1.807) is 36.0 Å². The van der Waals surface area contributed by atoms with Crippen LogP contribution in [0.4, 0.5) is 9.18 Å². The maximum atomic E-state index is 14.7. The lowest BCUT2D eigenvalue weighted by Gasteiger charge is -2.33. The molecule has 33 heavy (non-hydrogen) atoms. The Morgan fingerprint density at radius 1 is 1.24 bits per heavy atom.